The molecule has 0 aliphatic heterocycles. The highest BCUT2D eigenvalue weighted by atomic mass is 16.6. The lowest BCUT2D eigenvalue weighted by Crippen LogP contribution is -2.50. The van der Waals surface area contributed by atoms with Gasteiger partial charge in [0.25, 0.3) is 0 Å². The largest absolute Gasteiger partial charge is 0.444 e. The summed E-state index contributed by atoms with van der Waals surface area (Å²) in [7, 11) is 0. The Kier molecular flexibility index (Phi) is 33.1. The molecule has 22 nitrogen and oxygen atoms in total. The SMILES string of the molecule is CC#Cc1ccc(C#Cc2cc(CC(=O)NC(CCCNC(=O)OC(C)(C)C)(CCCNC(=O)OC(C)(C)C)CCCNC(=O)OC(C)(C)C)c(C)cc2CC(=O)NC(CCCNC(=O)OC(C)(C)C)(CCCNC(=O)OC(C)(C)C)CCCNC(=O)OC(C)(C)C)cc1. The molecule has 0 bridgehead atoms. The monoisotopic (exact) mass is 1310 g/mol. The van der Waals surface area contributed by atoms with Crippen molar-refractivity contribution in [2.24, 2.45) is 0 Å². The predicted molar refractivity (Wildman–Crippen MR) is 366 cm³/mol. The van der Waals surface area contributed by atoms with Gasteiger partial charge in [-0.25, -0.2) is 28.8 Å². The summed E-state index contributed by atoms with van der Waals surface area (Å²) < 4.78 is 33.0. The van der Waals surface area contributed by atoms with Crippen molar-refractivity contribution in [1.29, 1.82) is 0 Å². The molecule has 0 unspecified atom stereocenters. The van der Waals surface area contributed by atoms with Crippen molar-refractivity contribution in [3.05, 3.63) is 69.8 Å². The van der Waals surface area contributed by atoms with Crippen LogP contribution in [0.3, 0.4) is 0 Å². The van der Waals surface area contributed by atoms with E-state index < -0.39 is 81.2 Å². The molecular formula is C72H114N8O14. The van der Waals surface area contributed by atoms with E-state index in [4.69, 9.17) is 28.4 Å². The molecule has 8 N–H and O–H groups in total. The van der Waals surface area contributed by atoms with Gasteiger partial charge >= 0.3 is 36.6 Å². The summed E-state index contributed by atoms with van der Waals surface area (Å²) in [4.78, 5) is 107. The van der Waals surface area contributed by atoms with E-state index in [-0.39, 0.29) is 63.9 Å². The van der Waals surface area contributed by atoms with E-state index in [9.17, 15) is 33.6 Å². The van der Waals surface area contributed by atoms with Gasteiger partial charge in [0, 0.05) is 67.0 Å². The molecule has 0 heterocycles. The number of hydrogen-bond acceptors (Lipinski definition) is 14. The highest BCUT2D eigenvalue weighted by molar-refractivity contribution is 5.82. The van der Waals surface area contributed by atoms with Gasteiger partial charge in [0.15, 0.2) is 0 Å². The summed E-state index contributed by atoms with van der Waals surface area (Å²) in [6.45, 7) is 36.9. The van der Waals surface area contributed by atoms with Crippen molar-refractivity contribution >= 4 is 48.4 Å². The van der Waals surface area contributed by atoms with Crippen LogP contribution in [0.25, 0.3) is 0 Å². The van der Waals surface area contributed by atoms with Crippen molar-refractivity contribution in [1.82, 2.24) is 42.5 Å². The molecule has 2 aromatic carbocycles. The molecule has 0 fully saturated rings. The van der Waals surface area contributed by atoms with Crippen molar-refractivity contribution in [2.75, 3.05) is 39.3 Å². The number of carbonyl (C=O) groups excluding carboxylic acids is 8. The van der Waals surface area contributed by atoms with Gasteiger partial charge in [-0.3, -0.25) is 9.59 Å². The lowest BCUT2D eigenvalue weighted by Gasteiger charge is -2.36. The Labute approximate surface area is 561 Å². The van der Waals surface area contributed by atoms with Crippen molar-refractivity contribution in [3.8, 4) is 23.7 Å². The molecule has 0 aromatic heterocycles. The van der Waals surface area contributed by atoms with Crippen LogP contribution in [-0.2, 0) is 50.9 Å². The maximum absolute atomic E-state index is 15.0. The Morgan fingerprint density at radius 2 is 0.596 bits per heavy atom. The molecule has 0 radical (unpaired) electrons. The number of ether oxygens (including phenoxy) is 6. The smallest absolute Gasteiger partial charge is 0.407 e. The van der Waals surface area contributed by atoms with Gasteiger partial charge in [-0.15, -0.1) is 5.92 Å². The van der Waals surface area contributed by atoms with E-state index in [1.165, 1.54) is 0 Å². The van der Waals surface area contributed by atoms with E-state index in [0.29, 0.717) is 105 Å². The molecule has 0 spiro atoms. The minimum Gasteiger partial charge on any atom is -0.444 e. The van der Waals surface area contributed by atoms with Crippen molar-refractivity contribution < 1.29 is 66.8 Å². The van der Waals surface area contributed by atoms with Crippen molar-refractivity contribution in [2.45, 2.75) is 273 Å². The van der Waals surface area contributed by atoms with Gasteiger partial charge in [0.1, 0.15) is 33.6 Å². The average Bonchev–Trinajstić information content (AvgIpc) is 0.820. The third kappa shape index (κ3) is 39.0. The molecule has 0 saturated heterocycles. The van der Waals surface area contributed by atoms with Gasteiger partial charge in [-0.2, -0.15) is 0 Å². The third-order valence-electron chi connectivity index (χ3n) is 13.6. The molecule has 2 aromatic rings. The Hall–Kier alpha value is -7.88. The van der Waals surface area contributed by atoms with E-state index in [2.05, 4.69) is 66.2 Å². The topological polar surface area (TPSA) is 288 Å². The van der Waals surface area contributed by atoms with E-state index in [1.54, 1.807) is 132 Å². The normalized spacial score (nSPS) is 12.0. The predicted octanol–water partition coefficient (Wildman–Crippen LogP) is 12.4. The second-order valence-electron chi connectivity index (χ2n) is 29.8. The zero-order valence-corrected chi connectivity index (χ0v) is 60.3. The van der Waals surface area contributed by atoms with Crippen LogP contribution in [-0.4, -0.2) is 132 Å². The molecule has 0 aliphatic rings. The minimum atomic E-state index is -0.935. The Bertz CT molecular complexity index is 2760. The summed E-state index contributed by atoms with van der Waals surface area (Å²) in [5.41, 5.74) is -2.27. The van der Waals surface area contributed by atoms with Crippen LogP contribution in [0.4, 0.5) is 28.8 Å². The fourth-order valence-corrected chi connectivity index (χ4v) is 9.93. The molecule has 8 amide bonds. The standard InChI is InChI=1S/C72H114N8O14/c1-21-28-52-29-31-53(32-30-52)33-34-54-48-55(49-57(81)79-71(35-22-41-73-59(83)89-65(3,4)5,36-23-42-74-60(84)90-66(6,7)8)37-24-43-75-61(85)91-67(9,10)11)51(2)47-56(54)50-58(82)80-72(38-25-44-76-62(86)92-68(12,13)14,39-26-45-77-63(87)93-69(15,16)17)40-27-46-78-64(88)94-70(18,19)20/h29-32,47-48H,22-27,35-46,49-50H2,1-20H3,(H,73,83)(H,74,84)(H,75,85)(H,76,86)(H,77,87)(H,78,88)(H,79,81)(H,80,82). The van der Waals surface area contributed by atoms with Crippen LogP contribution in [0.15, 0.2) is 36.4 Å². The Balaban J connectivity index is 2.81. The highest BCUT2D eigenvalue weighted by Crippen LogP contribution is 2.29. The van der Waals surface area contributed by atoms with Crippen LogP contribution >= 0.6 is 0 Å². The minimum absolute atomic E-state index is 0.100. The van der Waals surface area contributed by atoms with E-state index >= 15 is 4.79 Å². The lowest BCUT2D eigenvalue weighted by atomic mass is 9.83. The Morgan fingerprint density at radius 1 is 0.351 bits per heavy atom. The number of alkyl carbamates (subject to hydrolysis) is 6. The van der Waals surface area contributed by atoms with Crippen LogP contribution in [0.5, 0.6) is 0 Å². The molecule has 0 atom stereocenters. The van der Waals surface area contributed by atoms with Crippen LogP contribution in [0, 0.1) is 30.6 Å². The average molecular weight is 1320 g/mol. The number of aryl methyl sites for hydroxylation is 1. The summed E-state index contributed by atoms with van der Waals surface area (Å²) in [6.07, 6.45) is 1.13. The third-order valence-corrected chi connectivity index (χ3v) is 13.6. The van der Waals surface area contributed by atoms with Gasteiger partial charge in [-0.05, 0) is 263 Å². The molecule has 2 rings (SSSR count). The fraction of sp³-hybridized carbons (Fsp3) is 0.667. The summed E-state index contributed by atoms with van der Waals surface area (Å²) in [6, 6.07) is 11.2. The summed E-state index contributed by atoms with van der Waals surface area (Å²) in [5.74, 6) is 11.9. The van der Waals surface area contributed by atoms with Crippen LogP contribution in [0.2, 0.25) is 0 Å². The van der Waals surface area contributed by atoms with Gasteiger partial charge < -0.3 is 71.0 Å². The van der Waals surface area contributed by atoms with E-state index in [1.807, 2.05) is 43.3 Å². The summed E-state index contributed by atoms with van der Waals surface area (Å²) >= 11 is 0. The number of benzene rings is 2. The fourth-order valence-electron chi connectivity index (χ4n) is 9.93. The maximum atomic E-state index is 15.0. The molecule has 526 valence electrons. The van der Waals surface area contributed by atoms with Gasteiger partial charge in [0.2, 0.25) is 11.8 Å². The molecule has 94 heavy (non-hydrogen) atoms. The van der Waals surface area contributed by atoms with Crippen molar-refractivity contribution in [3.63, 3.8) is 0 Å². The first kappa shape index (κ1) is 82.2. The molecule has 0 aliphatic carbocycles. The molecule has 0 saturated carbocycles. The number of carbonyl (C=O) groups is 8. The zero-order chi connectivity index (χ0) is 71.2. The first-order chi connectivity index (χ1) is 43.4. The quantitative estimate of drug-likeness (QED) is 0.0205. The first-order valence-electron chi connectivity index (χ1n) is 33.0. The van der Waals surface area contributed by atoms with E-state index in [0.717, 1.165) is 5.56 Å². The zero-order valence-electron chi connectivity index (χ0n) is 60.3. The number of hydrogen-bond donors (Lipinski definition) is 8. The highest BCUT2D eigenvalue weighted by Gasteiger charge is 2.34. The Morgan fingerprint density at radius 3 is 0.840 bits per heavy atom. The van der Waals surface area contributed by atoms with Gasteiger partial charge in [-0.1, -0.05) is 23.8 Å². The number of nitrogens with one attached hydrogen (secondary N) is 8. The maximum Gasteiger partial charge on any atom is 0.407 e. The molecular weight excluding hydrogens is 1200 g/mol. The lowest BCUT2D eigenvalue weighted by molar-refractivity contribution is -0.123. The van der Waals surface area contributed by atoms with Crippen LogP contribution < -0.4 is 42.5 Å². The number of amides is 8. The van der Waals surface area contributed by atoms with Gasteiger partial charge in [0.05, 0.1) is 12.8 Å². The number of rotatable bonds is 30. The summed E-state index contributed by atoms with van der Waals surface area (Å²) in [5, 5.41) is 23.8. The first-order valence-corrected chi connectivity index (χ1v) is 33.0. The second-order valence-corrected chi connectivity index (χ2v) is 29.8. The molecule has 22 heteroatoms. The second kappa shape index (κ2) is 37.9. The van der Waals surface area contributed by atoms with Crippen LogP contribution in [0.1, 0.15) is 242 Å².